The quantitative estimate of drug-likeness (QED) is 0.564. The van der Waals surface area contributed by atoms with E-state index in [-0.39, 0.29) is 0 Å². The van der Waals surface area contributed by atoms with Crippen LogP contribution in [0.5, 0.6) is 5.75 Å². The predicted octanol–water partition coefficient (Wildman–Crippen LogP) is 2.02. The van der Waals surface area contributed by atoms with Gasteiger partial charge < -0.3 is 4.74 Å². The van der Waals surface area contributed by atoms with Crippen LogP contribution in [-0.2, 0) is 0 Å². The van der Waals surface area contributed by atoms with Gasteiger partial charge in [0, 0.05) is 6.07 Å². The summed E-state index contributed by atoms with van der Waals surface area (Å²) < 4.78 is 18.0. The Morgan fingerprint density at radius 2 is 2.33 bits per heavy atom. The van der Waals surface area contributed by atoms with E-state index >= 15 is 0 Å². The molecule has 0 aliphatic rings. The van der Waals surface area contributed by atoms with E-state index in [1.807, 2.05) is 0 Å². The van der Waals surface area contributed by atoms with Gasteiger partial charge >= 0.3 is 5.69 Å². The van der Waals surface area contributed by atoms with Crippen LogP contribution in [0.25, 0.3) is 0 Å². The summed E-state index contributed by atoms with van der Waals surface area (Å²) in [4.78, 5) is 9.76. The number of benzene rings is 1. The Morgan fingerprint density at radius 1 is 1.67 bits per heavy atom. The lowest BCUT2D eigenvalue weighted by Crippen LogP contribution is -2.10. The third kappa shape index (κ3) is 2.40. The van der Waals surface area contributed by atoms with E-state index in [1.54, 1.807) is 6.07 Å². The normalized spacial score (nSPS) is 11.5. The first kappa shape index (κ1) is 10.9. The maximum atomic E-state index is 13.2. The van der Waals surface area contributed by atoms with Crippen molar-refractivity contribution in [2.24, 2.45) is 0 Å². The minimum atomic E-state index is -0.944. The molecule has 1 unspecified atom stereocenters. The van der Waals surface area contributed by atoms with Crippen molar-refractivity contribution in [3.8, 4) is 11.8 Å². The van der Waals surface area contributed by atoms with Crippen LogP contribution in [0.4, 0.5) is 10.1 Å². The van der Waals surface area contributed by atoms with Gasteiger partial charge in [-0.1, -0.05) is 6.07 Å². The van der Waals surface area contributed by atoms with Gasteiger partial charge in [-0.15, -0.1) is 0 Å². The molecule has 5 nitrogen and oxygen atoms in total. The smallest absolute Gasteiger partial charge is 0.314 e. The standard InChI is InChI=1S/C9H7FN2O3/c1-6(5-11)15-9-7(10)3-2-4-8(9)12(13)14/h2-4,6H,1H3. The largest absolute Gasteiger partial charge is 0.466 e. The molecule has 0 aliphatic heterocycles. The molecule has 1 rings (SSSR count). The Hall–Kier alpha value is -2.16. The lowest BCUT2D eigenvalue weighted by Gasteiger charge is -2.08. The minimum Gasteiger partial charge on any atom is -0.466 e. The van der Waals surface area contributed by atoms with Crippen LogP contribution in [0, 0.1) is 27.3 Å². The fourth-order valence-corrected chi connectivity index (χ4v) is 0.961. The molecular weight excluding hydrogens is 203 g/mol. The summed E-state index contributed by atoms with van der Waals surface area (Å²) in [7, 11) is 0. The number of halogens is 1. The third-order valence-corrected chi connectivity index (χ3v) is 1.62. The van der Waals surface area contributed by atoms with Gasteiger partial charge in [-0.3, -0.25) is 10.1 Å². The van der Waals surface area contributed by atoms with Crippen molar-refractivity contribution < 1.29 is 14.1 Å². The van der Waals surface area contributed by atoms with Crippen molar-refractivity contribution in [3.63, 3.8) is 0 Å². The zero-order chi connectivity index (χ0) is 11.4. The van der Waals surface area contributed by atoms with E-state index in [1.165, 1.54) is 13.0 Å². The molecule has 0 spiro atoms. The number of hydrogen-bond donors (Lipinski definition) is 0. The molecule has 0 saturated carbocycles. The number of nitro groups is 1. The first-order valence-electron chi connectivity index (χ1n) is 4.05. The highest BCUT2D eigenvalue weighted by atomic mass is 19.1. The predicted molar refractivity (Wildman–Crippen MR) is 48.8 cm³/mol. The average Bonchev–Trinajstić information content (AvgIpc) is 2.20. The zero-order valence-corrected chi connectivity index (χ0v) is 7.81. The van der Waals surface area contributed by atoms with E-state index in [0.29, 0.717) is 0 Å². The van der Waals surface area contributed by atoms with Gasteiger partial charge in [0.1, 0.15) is 6.07 Å². The van der Waals surface area contributed by atoms with Crippen molar-refractivity contribution in [2.45, 2.75) is 13.0 Å². The fraction of sp³-hybridized carbons (Fsp3) is 0.222. The van der Waals surface area contributed by atoms with E-state index < -0.39 is 28.3 Å². The first-order chi connectivity index (χ1) is 7.06. The highest BCUT2D eigenvalue weighted by molar-refractivity contribution is 5.47. The SMILES string of the molecule is CC(C#N)Oc1c(F)cccc1[N+](=O)[O-]. The highest BCUT2D eigenvalue weighted by Gasteiger charge is 2.21. The zero-order valence-electron chi connectivity index (χ0n) is 7.81. The van der Waals surface area contributed by atoms with Gasteiger partial charge in [-0.2, -0.15) is 5.26 Å². The number of rotatable bonds is 3. The maximum Gasteiger partial charge on any atom is 0.314 e. The Bertz CT molecular complexity index is 428. The van der Waals surface area contributed by atoms with Crippen molar-refractivity contribution >= 4 is 5.69 Å². The van der Waals surface area contributed by atoms with Gasteiger partial charge in [-0.05, 0) is 13.0 Å². The molecule has 1 atom stereocenters. The highest BCUT2D eigenvalue weighted by Crippen LogP contribution is 2.30. The lowest BCUT2D eigenvalue weighted by atomic mass is 10.3. The van der Waals surface area contributed by atoms with Crippen LogP contribution in [0.2, 0.25) is 0 Å². The number of nitrogens with zero attached hydrogens (tertiary/aromatic N) is 2. The molecule has 15 heavy (non-hydrogen) atoms. The molecular formula is C9H7FN2O3. The summed E-state index contributed by atoms with van der Waals surface area (Å²) in [6.07, 6.45) is -0.944. The number of hydrogen-bond acceptors (Lipinski definition) is 4. The van der Waals surface area contributed by atoms with Gasteiger partial charge in [0.05, 0.1) is 4.92 Å². The summed E-state index contributed by atoms with van der Waals surface area (Å²) >= 11 is 0. The molecule has 1 aromatic carbocycles. The van der Waals surface area contributed by atoms with Gasteiger partial charge in [0.25, 0.3) is 0 Å². The molecule has 1 aromatic rings. The van der Waals surface area contributed by atoms with Crippen LogP contribution in [0.1, 0.15) is 6.92 Å². The number of nitriles is 1. The molecule has 0 aromatic heterocycles. The van der Waals surface area contributed by atoms with Crippen molar-refractivity contribution in [3.05, 3.63) is 34.1 Å². The van der Waals surface area contributed by atoms with Gasteiger partial charge in [0.15, 0.2) is 11.9 Å². The Morgan fingerprint density at radius 3 is 2.87 bits per heavy atom. The Kier molecular flexibility index (Phi) is 3.18. The second kappa shape index (κ2) is 4.37. The molecule has 0 N–H and O–H groups in total. The van der Waals surface area contributed by atoms with Gasteiger partial charge in [0.2, 0.25) is 5.75 Å². The number of para-hydroxylation sites is 1. The Labute approximate surface area is 84.9 Å². The summed E-state index contributed by atoms with van der Waals surface area (Å²) in [6, 6.07) is 5.05. The average molecular weight is 210 g/mol. The molecule has 0 amide bonds. The number of nitro benzene ring substituents is 1. The van der Waals surface area contributed by atoms with Crippen LogP contribution < -0.4 is 4.74 Å². The Balaban J connectivity index is 3.14. The summed E-state index contributed by atoms with van der Waals surface area (Å²) in [6.45, 7) is 1.37. The van der Waals surface area contributed by atoms with Crippen LogP contribution in [-0.4, -0.2) is 11.0 Å². The second-order valence-electron chi connectivity index (χ2n) is 2.73. The molecule has 0 heterocycles. The molecule has 0 bridgehead atoms. The molecule has 0 saturated heterocycles. The molecule has 0 aliphatic carbocycles. The van der Waals surface area contributed by atoms with E-state index in [4.69, 9.17) is 10.00 Å². The number of ether oxygens (including phenoxy) is 1. The minimum absolute atomic E-state index is 0.489. The molecule has 6 heteroatoms. The van der Waals surface area contributed by atoms with Crippen molar-refractivity contribution in [1.29, 1.82) is 5.26 Å². The second-order valence-corrected chi connectivity index (χ2v) is 2.73. The summed E-state index contributed by atoms with van der Waals surface area (Å²) in [5.41, 5.74) is -0.489. The fourth-order valence-electron chi connectivity index (χ4n) is 0.961. The van der Waals surface area contributed by atoms with Crippen LogP contribution >= 0.6 is 0 Å². The van der Waals surface area contributed by atoms with Crippen molar-refractivity contribution in [2.75, 3.05) is 0 Å². The molecule has 78 valence electrons. The van der Waals surface area contributed by atoms with E-state index in [0.717, 1.165) is 12.1 Å². The maximum absolute atomic E-state index is 13.2. The van der Waals surface area contributed by atoms with Crippen molar-refractivity contribution in [1.82, 2.24) is 0 Å². The summed E-state index contributed by atoms with van der Waals surface area (Å²) in [5, 5.41) is 19.0. The molecule has 0 radical (unpaired) electrons. The first-order valence-corrected chi connectivity index (χ1v) is 4.05. The van der Waals surface area contributed by atoms with Crippen LogP contribution in [0.3, 0.4) is 0 Å². The lowest BCUT2D eigenvalue weighted by molar-refractivity contribution is -0.386. The van der Waals surface area contributed by atoms with E-state index in [2.05, 4.69) is 0 Å². The topological polar surface area (TPSA) is 76.2 Å². The van der Waals surface area contributed by atoms with E-state index in [9.17, 15) is 14.5 Å². The summed E-state index contributed by atoms with van der Waals surface area (Å²) in [5.74, 6) is -1.36. The molecule has 0 fully saturated rings. The monoisotopic (exact) mass is 210 g/mol. The van der Waals surface area contributed by atoms with Crippen LogP contribution in [0.15, 0.2) is 18.2 Å². The third-order valence-electron chi connectivity index (χ3n) is 1.62. The van der Waals surface area contributed by atoms with Gasteiger partial charge in [-0.25, -0.2) is 4.39 Å².